The van der Waals surface area contributed by atoms with E-state index in [1.54, 1.807) is 0 Å². The maximum atomic E-state index is 11.8. The van der Waals surface area contributed by atoms with E-state index in [1.165, 1.54) is 12.8 Å². The molecule has 0 spiro atoms. The SMILES string of the molecule is O=C(CC1CCCC1)NCC(=O)NC1CCC(C(=O)O)CC1. The van der Waals surface area contributed by atoms with E-state index in [0.29, 0.717) is 38.0 Å². The fourth-order valence-corrected chi connectivity index (χ4v) is 3.49. The number of aliphatic carboxylic acids is 1. The lowest BCUT2D eigenvalue weighted by Crippen LogP contribution is -2.44. The van der Waals surface area contributed by atoms with Gasteiger partial charge in [-0.25, -0.2) is 0 Å². The van der Waals surface area contributed by atoms with Crippen molar-refractivity contribution in [2.24, 2.45) is 11.8 Å². The Kier molecular flexibility index (Phi) is 6.21. The first-order chi connectivity index (χ1) is 10.5. The summed E-state index contributed by atoms with van der Waals surface area (Å²) in [6, 6.07) is 0.0369. The average Bonchev–Trinajstić information content (AvgIpc) is 2.98. The van der Waals surface area contributed by atoms with Crippen LogP contribution in [0.2, 0.25) is 0 Å². The Morgan fingerprint density at radius 2 is 1.55 bits per heavy atom. The van der Waals surface area contributed by atoms with Crippen molar-refractivity contribution in [3.05, 3.63) is 0 Å². The van der Waals surface area contributed by atoms with Crippen molar-refractivity contribution in [2.45, 2.75) is 63.8 Å². The molecule has 2 amide bonds. The third kappa shape index (κ3) is 5.31. The summed E-state index contributed by atoms with van der Waals surface area (Å²) in [5.74, 6) is -0.771. The lowest BCUT2D eigenvalue weighted by Gasteiger charge is -2.26. The molecule has 0 heterocycles. The summed E-state index contributed by atoms with van der Waals surface area (Å²) >= 11 is 0. The van der Waals surface area contributed by atoms with Gasteiger partial charge in [-0.3, -0.25) is 14.4 Å². The van der Waals surface area contributed by atoms with Gasteiger partial charge in [-0.1, -0.05) is 12.8 Å². The van der Waals surface area contributed by atoms with E-state index < -0.39 is 5.97 Å². The summed E-state index contributed by atoms with van der Waals surface area (Å²) in [6.45, 7) is 0.0183. The standard InChI is InChI=1S/C16H26N2O4/c19-14(9-11-3-1-2-4-11)17-10-15(20)18-13-7-5-12(6-8-13)16(21)22/h11-13H,1-10H2,(H,17,19)(H,18,20)(H,21,22). The molecule has 0 aliphatic heterocycles. The minimum absolute atomic E-state index is 0.0183. The van der Waals surface area contributed by atoms with Crippen molar-refractivity contribution in [2.75, 3.05) is 6.54 Å². The van der Waals surface area contributed by atoms with Crippen LogP contribution in [0.5, 0.6) is 0 Å². The predicted molar refractivity (Wildman–Crippen MR) is 81.1 cm³/mol. The number of amides is 2. The van der Waals surface area contributed by atoms with E-state index in [4.69, 9.17) is 5.11 Å². The second-order valence-corrected chi connectivity index (χ2v) is 6.59. The van der Waals surface area contributed by atoms with E-state index in [1.807, 2.05) is 0 Å². The van der Waals surface area contributed by atoms with Crippen LogP contribution >= 0.6 is 0 Å². The normalized spacial score (nSPS) is 25.6. The number of rotatable bonds is 6. The predicted octanol–water partition coefficient (Wildman–Crippen LogP) is 1.44. The van der Waals surface area contributed by atoms with Gasteiger partial charge in [-0.05, 0) is 44.4 Å². The fourth-order valence-electron chi connectivity index (χ4n) is 3.49. The molecule has 2 rings (SSSR count). The third-order valence-corrected chi connectivity index (χ3v) is 4.84. The molecule has 2 fully saturated rings. The summed E-state index contributed by atoms with van der Waals surface area (Å²) < 4.78 is 0. The van der Waals surface area contributed by atoms with Crippen LogP contribution in [0.15, 0.2) is 0 Å². The minimum atomic E-state index is -0.746. The number of carboxylic acids is 1. The molecule has 2 aliphatic carbocycles. The van der Waals surface area contributed by atoms with Gasteiger partial charge in [0, 0.05) is 12.5 Å². The Hall–Kier alpha value is -1.59. The van der Waals surface area contributed by atoms with Gasteiger partial charge in [-0.2, -0.15) is 0 Å². The topological polar surface area (TPSA) is 95.5 Å². The number of hydrogen-bond acceptors (Lipinski definition) is 3. The smallest absolute Gasteiger partial charge is 0.306 e. The molecule has 6 heteroatoms. The second kappa shape index (κ2) is 8.15. The molecule has 0 atom stereocenters. The number of carbonyl (C=O) groups is 3. The quantitative estimate of drug-likeness (QED) is 0.692. The van der Waals surface area contributed by atoms with Crippen LogP contribution in [0.1, 0.15) is 57.8 Å². The molecule has 0 saturated heterocycles. The molecule has 2 aliphatic rings. The van der Waals surface area contributed by atoms with Crippen LogP contribution in [-0.4, -0.2) is 35.5 Å². The zero-order valence-corrected chi connectivity index (χ0v) is 13.0. The molecule has 3 N–H and O–H groups in total. The maximum absolute atomic E-state index is 11.8. The molecule has 22 heavy (non-hydrogen) atoms. The molecular formula is C16H26N2O4. The number of carbonyl (C=O) groups excluding carboxylic acids is 2. The summed E-state index contributed by atoms with van der Waals surface area (Å²) in [4.78, 5) is 34.5. The van der Waals surface area contributed by atoms with E-state index >= 15 is 0 Å². The largest absolute Gasteiger partial charge is 0.481 e. The van der Waals surface area contributed by atoms with Crippen LogP contribution in [0.4, 0.5) is 0 Å². The van der Waals surface area contributed by atoms with E-state index in [-0.39, 0.29) is 30.3 Å². The zero-order chi connectivity index (χ0) is 15.9. The van der Waals surface area contributed by atoms with Crippen LogP contribution in [-0.2, 0) is 14.4 Å². The summed E-state index contributed by atoms with van der Waals surface area (Å²) in [5, 5.41) is 14.5. The second-order valence-electron chi connectivity index (χ2n) is 6.59. The molecule has 6 nitrogen and oxygen atoms in total. The van der Waals surface area contributed by atoms with Crippen LogP contribution in [0, 0.1) is 11.8 Å². The zero-order valence-electron chi connectivity index (χ0n) is 13.0. The summed E-state index contributed by atoms with van der Waals surface area (Å²) in [6.07, 6.45) is 7.77. The molecule has 124 valence electrons. The molecule has 0 aromatic rings. The Labute approximate surface area is 131 Å². The lowest BCUT2D eigenvalue weighted by molar-refractivity contribution is -0.142. The number of carboxylic acid groups (broad SMARTS) is 1. The number of hydrogen-bond donors (Lipinski definition) is 3. The highest BCUT2D eigenvalue weighted by Crippen LogP contribution is 2.27. The molecule has 0 aromatic carbocycles. The van der Waals surface area contributed by atoms with Crippen molar-refractivity contribution in [3.8, 4) is 0 Å². The summed E-state index contributed by atoms with van der Waals surface area (Å²) in [5.41, 5.74) is 0. The summed E-state index contributed by atoms with van der Waals surface area (Å²) in [7, 11) is 0. The first-order valence-corrected chi connectivity index (χ1v) is 8.33. The van der Waals surface area contributed by atoms with Crippen molar-refractivity contribution in [3.63, 3.8) is 0 Å². The highest BCUT2D eigenvalue weighted by molar-refractivity contribution is 5.84. The van der Waals surface area contributed by atoms with E-state index in [2.05, 4.69) is 10.6 Å². The molecular weight excluding hydrogens is 284 g/mol. The third-order valence-electron chi connectivity index (χ3n) is 4.84. The van der Waals surface area contributed by atoms with Gasteiger partial charge in [0.05, 0.1) is 12.5 Å². The van der Waals surface area contributed by atoms with Crippen LogP contribution in [0.3, 0.4) is 0 Å². The van der Waals surface area contributed by atoms with E-state index in [0.717, 1.165) is 12.8 Å². The van der Waals surface area contributed by atoms with Gasteiger partial charge >= 0.3 is 5.97 Å². The van der Waals surface area contributed by atoms with Gasteiger partial charge in [0.2, 0.25) is 11.8 Å². The molecule has 0 aromatic heterocycles. The Morgan fingerprint density at radius 1 is 0.909 bits per heavy atom. The van der Waals surface area contributed by atoms with Crippen LogP contribution in [0.25, 0.3) is 0 Å². The first kappa shape index (κ1) is 16.8. The van der Waals surface area contributed by atoms with E-state index in [9.17, 15) is 14.4 Å². The lowest BCUT2D eigenvalue weighted by atomic mass is 9.86. The molecule has 2 saturated carbocycles. The number of nitrogens with one attached hydrogen (secondary N) is 2. The van der Waals surface area contributed by atoms with Crippen molar-refractivity contribution in [1.29, 1.82) is 0 Å². The van der Waals surface area contributed by atoms with Crippen molar-refractivity contribution < 1.29 is 19.5 Å². The highest BCUT2D eigenvalue weighted by atomic mass is 16.4. The molecule has 0 unspecified atom stereocenters. The van der Waals surface area contributed by atoms with Crippen molar-refractivity contribution >= 4 is 17.8 Å². The monoisotopic (exact) mass is 310 g/mol. The van der Waals surface area contributed by atoms with Gasteiger partial charge < -0.3 is 15.7 Å². The first-order valence-electron chi connectivity index (χ1n) is 8.33. The maximum Gasteiger partial charge on any atom is 0.306 e. The van der Waals surface area contributed by atoms with Gasteiger partial charge in [0.15, 0.2) is 0 Å². The minimum Gasteiger partial charge on any atom is -0.481 e. The Bertz CT molecular complexity index is 410. The average molecular weight is 310 g/mol. The Balaban J connectivity index is 1.59. The molecule has 0 radical (unpaired) electrons. The van der Waals surface area contributed by atoms with Gasteiger partial charge in [-0.15, -0.1) is 0 Å². The van der Waals surface area contributed by atoms with Crippen molar-refractivity contribution in [1.82, 2.24) is 10.6 Å². The van der Waals surface area contributed by atoms with Gasteiger partial charge in [0.25, 0.3) is 0 Å². The Morgan fingerprint density at radius 3 is 2.14 bits per heavy atom. The highest BCUT2D eigenvalue weighted by Gasteiger charge is 2.26. The van der Waals surface area contributed by atoms with Crippen LogP contribution < -0.4 is 10.6 Å². The fraction of sp³-hybridized carbons (Fsp3) is 0.812. The molecule has 0 bridgehead atoms. The van der Waals surface area contributed by atoms with Gasteiger partial charge in [0.1, 0.15) is 0 Å².